The Bertz CT molecular complexity index is 587. The van der Waals surface area contributed by atoms with E-state index in [4.69, 9.17) is 10.9 Å². The standard InChI is InChI=1S/C15H22N4O/c16-19-13-8-9-17-15(11-5-2-1-3-6-11)14(13)12(18-19)7-4-10-20/h8-9,11,20H,1-7,10,16H2. The molecule has 0 atom stereocenters. The molecule has 0 aliphatic heterocycles. The van der Waals surface area contributed by atoms with Crippen LogP contribution in [0.2, 0.25) is 0 Å². The molecule has 2 aromatic heterocycles. The molecular formula is C15H22N4O. The van der Waals surface area contributed by atoms with Crippen molar-refractivity contribution in [1.29, 1.82) is 0 Å². The van der Waals surface area contributed by atoms with E-state index in [-0.39, 0.29) is 6.61 Å². The summed E-state index contributed by atoms with van der Waals surface area (Å²) in [6, 6.07) is 1.93. The van der Waals surface area contributed by atoms with Gasteiger partial charge in [0.05, 0.1) is 16.9 Å². The average molecular weight is 274 g/mol. The molecule has 2 heterocycles. The van der Waals surface area contributed by atoms with Crippen LogP contribution in [0.5, 0.6) is 0 Å². The lowest BCUT2D eigenvalue weighted by Crippen LogP contribution is -2.10. The normalized spacial score (nSPS) is 16.9. The minimum absolute atomic E-state index is 0.179. The Hall–Kier alpha value is -1.62. The Morgan fingerprint density at radius 1 is 1.30 bits per heavy atom. The van der Waals surface area contributed by atoms with Gasteiger partial charge in [-0.05, 0) is 31.7 Å². The average Bonchev–Trinajstić information content (AvgIpc) is 2.83. The third-order valence-corrected chi connectivity index (χ3v) is 4.29. The second-order valence-corrected chi connectivity index (χ2v) is 5.64. The van der Waals surface area contributed by atoms with Crippen LogP contribution in [0.4, 0.5) is 0 Å². The molecule has 0 amide bonds. The number of fused-ring (bicyclic) bond motifs is 1. The van der Waals surface area contributed by atoms with Crippen molar-refractivity contribution in [3.63, 3.8) is 0 Å². The number of hydrogen-bond donors (Lipinski definition) is 2. The maximum atomic E-state index is 9.04. The van der Waals surface area contributed by atoms with Crippen LogP contribution in [-0.2, 0) is 6.42 Å². The summed E-state index contributed by atoms with van der Waals surface area (Å²) in [5, 5.41) is 14.6. The predicted octanol–water partition coefficient (Wildman–Crippen LogP) is 2.12. The third-order valence-electron chi connectivity index (χ3n) is 4.29. The van der Waals surface area contributed by atoms with Gasteiger partial charge < -0.3 is 10.9 Å². The molecule has 0 spiro atoms. The SMILES string of the molecule is Nn1nc(CCCO)c2c(C3CCCCC3)nccc21. The second kappa shape index (κ2) is 5.79. The van der Waals surface area contributed by atoms with Crippen molar-refractivity contribution >= 4 is 10.9 Å². The van der Waals surface area contributed by atoms with Gasteiger partial charge in [0, 0.05) is 24.1 Å². The fourth-order valence-corrected chi connectivity index (χ4v) is 3.29. The van der Waals surface area contributed by atoms with Crippen molar-refractivity contribution in [3.8, 4) is 0 Å². The smallest absolute Gasteiger partial charge is 0.0952 e. The molecule has 20 heavy (non-hydrogen) atoms. The van der Waals surface area contributed by atoms with Gasteiger partial charge in [-0.2, -0.15) is 9.89 Å². The molecule has 0 aromatic carbocycles. The van der Waals surface area contributed by atoms with Crippen LogP contribution < -0.4 is 5.84 Å². The van der Waals surface area contributed by atoms with Crippen molar-refractivity contribution in [3.05, 3.63) is 23.7 Å². The fourth-order valence-electron chi connectivity index (χ4n) is 3.29. The maximum Gasteiger partial charge on any atom is 0.0952 e. The van der Waals surface area contributed by atoms with Crippen molar-refractivity contribution in [2.75, 3.05) is 12.4 Å². The van der Waals surface area contributed by atoms with E-state index < -0.39 is 0 Å². The predicted molar refractivity (Wildman–Crippen MR) is 78.9 cm³/mol. The zero-order valence-electron chi connectivity index (χ0n) is 11.8. The summed E-state index contributed by atoms with van der Waals surface area (Å²) in [6.45, 7) is 0.179. The van der Waals surface area contributed by atoms with E-state index >= 15 is 0 Å². The van der Waals surface area contributed by atoms with E-state index in [1.165, 1.54) is 36.9 Å². The third kappa shape index (κ3) is 2.38. The summed E-state index contributed by atoms with van der Waals surface area (Å²) < 4.78 is 0. The molecule has 108 valence electrons. The Kier molecular flexibility index (Phi) is 3.87. The van der Waals surface area contributed by atoms with E-state index in [1.54, 1.807) is 0 Å². The molecule has 5 heteroatoms. The first-order valence-corrected chi connectivity index (χ1v) is 7.53. The van der Waals surface area contributed by atoms with Crippen molar-refractivity contribution in [1.82, 2.24) is 14.9 Å². The molecule has 3 rings (SSSR count). The number of aliphatic hydroxyl groups is 1. The van der Waals surface area contributed by atoms with Gasteiger partial charge in [0.25, 0.3) is 0 Å². The minimum Gasteiger partial charge on any atom is -0.396 e. The van der Waals surface area contributed by atoms with E-state index in [9.17, 15) is 0 Å². The monoisotopic (exact) mass is 274 g/mol. The van der Waals surface area contributed by atoms with Crippen LogP contribution in [-0.4, -0.2) is 26.6 Å². The van der Waals surface area contributed by atoms with Gasteiger partial charge in [-0.3, -0.25) is 4.98 Å². The molecule has 0 radical (unpaired) electrons. The topological polar surface area (TPSA) is 77.0 Å². The molecule has 2 aromatic rings. The van der Waals surface area contributed by atoms with Gasteiger partial charge >= 0.3 is 0 Å². The zero-order chi connectivity index (χ0) is 13.9. The molecule has 5 nitrogen and oxygen atoms in total. The van der Waals surface area contributed by atoms with Gasteiger partial charge in [0.15, 0.2) is 0 Å². The number of hydrogen-bond acceptors (Lipinski definition) is 4. The highest BCUT2D eigenvalue weighted by Gasteiger charge is 2.22. The zero-order valence-corrected chi connectivity index (χ0v) is 11.8. The van der Waals surface area contributed by atoms with E-state index in [1.807, 2.05) is 12.3 Å². The Balaban J connectivity index is 2.05. The first-order chi connectivity index (χ1) is 9.81. The largest absolute Gasteiger partial charge is 0.396 e. The molecule has 1 aliphatic rings. The van der Waals surface area contributed by atoms with Crippen molar-refractivity contribution in [2.45, 2.75) is 50.9 Å². The molecule has 1 saturated carbocycles. The fraction of sp³-hybridized carbons (Fsp3) is 0.600. The molecule has 0 unspecified atom stereocenters. The molecule has 3 N–H and O–H groups in total. The quantitative estimate of drug-likeness (QED) is 0.837. The highest BCUT2D eigenvalue weighted by atomic mass is 16.2. The number of nitrogen functional groups attached to an aromatic ring is 1. The lowest BCUT2D eigenvalue weighted by molar-refractivity contribution is 0.288. The summed E-state index contributed by atoms with van der Waals surface area (Å²) >= 11 is 0. The highest BCUT2D eigenvalue weighted by molar-refractivity contribution is 5.84. The van der Waals surface area contributed by atoms with Gasteiger partial charge in [-0.15, -0.1) is 0 Å². The van der Waals surface area contributed by atoms with Gasteiger partial charge in [-0.25, -0.2) is 0 Å². The Morgan fingerprint density at radius 2 is 2.10 bits per heavy atom. The number of pyridine rings is 1. The van der Waals surface area contributed by atoms with Crippen LogP contribution >= 0.6 is 0 Å². The summed E-state index contributed by atoms with van der Waals surface area (Å²) in [7, 11) is 0. The van der Waals surface area contributed by atoms with Crippen LogP contribution in [0.3, 0.4) is 0 Å². The summed E-state index contributed by atoms with van der Waals surface area (Å²) in [5.74, 6) is 6.49. The first-order valence-electron chi connectivity index (χ1n) is 7.53. The van der Waals surface area contributed by atoms with Gasteiger partial charge in [0.1, 0.15) is 0 Å². The summed E-state index contributed by atoms with van der Waals surface area (Å²) in [4.78, 5) is 6.10. The van der Waals surface area contributed by atoms with Crippen LogP contribution in [0.15, 0.2) is 12.3 Å². The van der Waals surface area contributed by atoms with Crippen LogP contribution in [0.25, 0.3) is 10.9 Å². The number of rotatable bonds is 4. The first kappa shape index (κ1) is 13.4. The summed E-state index contributed by atoms with van der Waals surface area (Å²) in [6.07, 6.45) is 9.63. The lowest BCUT2D eigenvalue weighted by Gasteiger charge is -2.21. The van der Waals surface area contributed by atoms with Crippen LogP contribution in [0.1, 0.15) is 55.8 Å². The number of aromatic nitrogens is 3. The molecular weight excluding hydrogens is 252 g/mol. The van der Waals surface area contributed by atoms with Gasteiger partial charge in [-0.1, -0.05) is 19.3 Å². The van der Waals surface area contributed by atoms with Crippen molar-refractivity contribution in [2.24, 2.45) is 0 Å². The number of aliphatic hydroxyl groups excluding tert-OH is 1. The van der Waals surface area contributed by atoms with E-state index in [0.717, 1.165) is 28.7 Å². The van der Waals surface area contributed by atoms with Crippen LogP contribution in [0, 0.1) is 0 Å². The molecule has 1 fully saturated rings. The minimum atomic E-state index is 0.179. The van der Waals surface area contributed by atoms with Gasteiger partial charge in [0.2, 0.25) is 0 Å². The van der Waals surface area contributed by atoms with Crippen molar-refractivity contribution < 1.29 is 5.11 Å². The Morgan fingerprint density at radius 3 is 2.85 bits per heavy atom. The lowest BCUT2D eigenvalue weighted by atomic mass is 9.85. The number of aryl methyl sites for hydroxylation is 1. The Labute approximate surface area is 118 Å². The maximum absolute atomic E-state index is 9.04. The summed E-state index contributed by atoms with van der Waals surface area (Å²) in [5.41, 5.74) is 3.09. The molecule has 1 aliphatic carbocycles. The second-order valence-electron chi connectivity index (χ2n) is 5.64. The number of nitrogens with zero attached hydrogens (tertiary/aromatic N) is 3. The highest BCUT2D eigenvalue weighted by Crippen LogP contribution is 2.36. The van der Waals surface area contributed by atoms with E-state index in [0.29, 0.717) is 12.3 Å². The number of nitrogens with two attached hydrogens (primary N) is 1. The molecule has 0 saturated heterocycles. The van der Waals surface area contributed by atoms with E-state index in [2.05, 4.69) is 10.1 Å². The molecule has 0 bridgehead atoms.